The van der Waals surface area contributed by atoms with Gasteiger partial charge in [-0.3, -0.25) is 9.89 Å². The highest BCUT2D eigenvalue weighted by molar-refractivity contribution is 9.11. The summed E-state index contributed by atoms with van der Waals surface area (Å²) in [6.45, 7) is 11.6. The summed E-state index contributed by atoms with van der Waals surface area (Å²) in [4.78, 5) is 11.9. The lowest BCUT2D eigenvalue weighted by Gasteiger charge is -2.08. The first-order chi connectivity index (χ1) is 8.95. The molecule has 1 aromatic rings. The Kier molecular flexibility index (Phi) is 5.76. The summed E-state index contributed by atoms with van der Waals surface area (Å²) < 4.78 is 0.739. The minimum Gasteiger partial charge on any atom is -0.352 e. The SMILES string of the molecule is C=C/C=C(/CNC(=O)Cc1c(C)n[nH]c1C)C(=C)Br. The van der Waals surface area contributed by atoms with Crippen LogP contribution >= 0.6 is 15.9 Å². The average Bonchev–Trinajstić information content (AvgIpc) is 2.66. The van der Waals surface area contributed by atoms with Gasteiger partial charge in [0.2, 0.25) is 5.91 Å². The number of hydrogen-bond acceptors (Lipinski definition) is 2. The highest BCUT2D eigenvalue weighted by Gasteiger charge is 2.11. The molecule has 0 spiro atoms. The van der Waals surface area contributed by atoms with Crippen LogP contribution < -0.4 is 5.32 Å². The van der Waals surface area contributed by atoms with Gasteiger partial charge in [0.25, 0.3) is 0 Å². The molecule has 0 atom stereocenters. The third-order valence-corrected chi connectivity index (χ3v) is 3.27. The predicted molar refractivity (Wildman–Crippen MR) is 81.1 cm³/mol. The van der Waals surface area contributed by atoms with Gasteiger partial charge in [-0.2, -0.15) is 5.10 Å². The highest BCUT2D eigenvalue weighted by atomic mass is 79.9. The number of nitrogens with one attached hydrogen (secondary N) is 2. The Morgan fingerprint density at radius 1 is 1.53 bits per heavy atom. The van der Waals surface area contributed by atoms with Gasteiger partial charge in [0, 0.05) is 22.3 Å². The summed E-state index contributed by atoms with van der Waals surface area (Å²) in [7, 11) is 0. The molecule has 102 valence electrons. The molecule has 4 nitrogen and oxygen atoms in total. The van der Waals surface area contributed by atoms with Gasteiger partial charge >= 0.3 is 0 Å². The van der Waals surface area contributed by atoms with Crippen molar-refractivity contribution in [3.8, 4) is 0 Å². The van der Waals surface area contributed by atoms with E-state index in [1.54, 1.807) is 6.08 Å². The molecule has 0 unspecified atom stereocenters. The number of H-pyrrole nitrogens is 1. The standard InChI is InChI=1S/C14H18BrN3O/c1-5-6-12(9(2)15)8-16-14(19)7-13-10(3)17-18-11(13)4/h5-6H,1-2,7-8H2,3-4H3,(H,16,19)(H,17,18)/b12-6-. The molecule has 0 saturated heterocycles. The molecular formula is C14H18BrN3O. The number of nitrogens with zero attached hydrogens (tertiary/aromatic N) is 1. The summed E-state index contributed by atoms with van der Waals surface area (Å²) >= 11 is 3.30. The van der Waals surface area contributed by atoms with Crippen LogP contribution in [0.15, 0.2) is 35.4 Å². The Morgan fingerprint density at radius 2 is 2.21 bits per heavy atom. The lowest BCUT2D eigenvalue weighted by atomic mass is 10.1. The third kappa shape index (κ3) is 4.52. The van der Waals surface area contributed by atoms with E-state index in [0.717, 1.165) is 27.0 Å². The van der Waals surface area contributed by atoms with Gasteiger partial charge in [-0.05, 0) is 19.4 Å². The minimum absolute atomic E-state index is 0.0451. The van der Waals surface area contributed by atoms with Crippen LogP contribution in [0.2, 0.25) is 0 Å². The summed E-state index contributed by atoms with van der Waals surface area (Å²) in [5.74, 6) is -0.0451. The Morgan fingerprint density at radius 3 is 2.68 bits per heavy atom. The van der Waals surface area contributed by atoms with E-state index in [2.05, 4.69) is 44.6 Å². The van der Waals surface area contributed by atoms with E-state index in [1.807, 2.05) is 19.9 Å². The van der Waals surface area contributed by atoms with E-state index in [9.17, 15) is 4.79 Å². The highest BCUT2D eigenvalue weighted by Crippen LogP contribution is 2.14. The van der Waals surface area contributed by atoms with Gasteiger partial charge in [-0.1, -0.05) is 41.2 Å². The summed E-state index contributed by atoms with van der Waals surface area (Å²) in [5, 5.41) is 9.79. The van der Waals surface area contributed by atoms with E-state index in [0.29, 0.717) is 13.0 Å². The van der Waals surface area contributed by atoms with Crippen molar-refractivity contribution in [1.29, 1.82) is 0 Å². The molecule has 0 aliphatic heterocycles. The second-order valence-electron chi connectivity index (χ2n) is 4.20. The number of allylic oxidation sites excluding steroid dienone is 2. The first-order valence-electron chi connectivity index (χ1n) is 5.89. The number of rotatable bonds is 6. The van der Waals surface area contributed by atoms with Gasteiger partial charge in [-0.15, -0.1) is 0 Å². The molecule has 1 rings (SSSR count). The fraction of sp³-hybridized carbons (Fsp3) is 0.286. The minimum atomic E-state index is -0.0451. The number of carbonyl (C=O) groups is 1. The van der Waals surface area contributed by atoms with Crippen molar-refractivity contribution < 1.29 is 4.79 Å². The molecule has 0 aliphatic rings. The number of hydrogen-bond donors (Lipinski definition) is 2. The lowest BCUT2D eigenvalue weighted by Crippen LogP contribution is -2.27. The van der Waals surface area contributed by atoms with Crippen molar-refractivity contribution in [1.82, 2.24) is 15.5 Å². The Labute approximate surface area is 121 Å². The van der Waals surface area contributed by atoms with Crippen molar-refractivity contribution in [3.63, 3.8) is 0 Å². The van der Waals surface area contributed by atoms with E-state index in [4.69, 9.17) is 0 Å². The van der Waals surface area contributed by atoms with Crippen LogP contribution in [0.25, 0.3) is 0 Å². The molecule has 2 N–H and O–H groups in total. The molecule has 19 heavy (non-hydrogen) atoms. The van der Waals surface area contributed by atoms with Crippen LogP contribution in [-0.4, -0.2) is 22.6 Å². The topological polar surface area (TPSA) is 57.8 Å². The van der Waals surface area contributed by atoms with Crippen LogP contribution in [0, 0.1) is 13.8 Å². The first-order valence-corrected chi connectivity index (χ1v) is 6.68. The van der Waals surface area contributed by atoms with Crippen molar-refractivity contribution >= 4 is 21.8 Å². The molecule has 1 amide bonds. The monoisotopic (exact) mass is 323 g/mol. The first kappa shape index (κ1) is 15.4. The fourth-order valence-electron chi connectivity index (χ4n) is 1.64. The summed E-state index contributed by atoms with van der Waals surface area (Å²) in [6, 6.07) is 0. The average molecular weight is 324 g/mol. The van der Waals surface area contributed by atoms with Gasteiger partial charge in [0.1, 0.15) is 0 Å². The van der Waals surface area contributed by atoms with Crippen molar-refractivity contribution in [2.75, 3.05) is 6.54 Å². The number of aromatic nitrogens is 2. The Bertz CT molecular complexity index is 509. The van der Waals surface area contributed by atoms with E-state index >= 15 is 0 Å². The number of halogens is 1. The maximum Gasteiger partial charge on any atom is 0.224 e. The molecular weight excluding hydrogens is 306 g/mol. The molecule has 0 bridgehead atoms. The predicted octanol–water partition coefficient (Wildman–Crippen LogP) is 2.71. The van der Waals surface area contributed by atoms with Crippen molar-refractivity contribution in [3.05, 3.63) is 52.3 Å². The van der Waals surface area contributed by atoms with Crippen LogP contribution in [0.5, 0.6) is 0 Å². The van der Waals surface area contributed by atoms with Crippen LogP contribution in [0.1, 0.15) is 17.0 Å². The van der Waals surface area contributed by atoms with Crippen molar-refractivity contribution in [2.24, 2.45) is 0 Å². The summed E-state index contributed by atoms with van der Waals surface area (Å²) in [5.41, 5.74) is 3.63. The molecule has 1 aromatic heterocycles. The van der Waals surface area contributed by atoms with E-state index in [1.165, 1.54) is 0 Å². The molecule has 0 fully saturated rings. The van der Waals surface area contributed by atoms with E-state index in [-0.39, 0.29) is 5.91 Å². The van der Waals surface area contributed by atoms with Gasteiger partial charge in [0.15, 0.2) is 0 Å². The van der Waals surface area contributed by atoms with Crippen LogP contribution in [0.4, 0.5) is 0 Å². The number of amides is 1. The molecule has 0 aliphatic carbocycles. The lowest BCUT2D eigenvalue weighted by molar-refractivity contribution is -0.120. The zero-order chi connectivity index (χ0) is 14.4. The molecule has 0 aromatic carbocycles. The number of aromatic amines is 1. The fourth-order valence-corrected chi connectivity index (χ4v) is 1.91. The van der Waals surface area contributed by atoms with Gasteiger partial charge in [0.05, 0.1) is 12.1 Å². The largest absolute Gasteiger partial charge is 0.352 e. The summed E-state index contributed by atoms with van der Waals surface area (Å²) in [6.07, 6.45) is 3.80. The molecule has 0 saturated carbocycles. The Hall–Kier alpha value is -1.62. The third-order valence-electron chi connectivity index (χ3n) is 2.76. The van der Waals surface area contributed by atoms with Crippen LogP contribution in [-0.2, 0) is 11.2 Å². The Balaban J connectivity index is 2.59. The molecule has 1 heterocycles. The van der Waals surface area contributed by atoms with Gasteiger partial charge in [-0.25, -0.2) is 0 Å². The maximum atomic E-state index is 11.9. The van der Waals surface area contributed by atoms with Crippen LogP contribution in [0.3, 0.4) is 0 Å². The number of carbonyl (C=O) groups excluding carboxylic acids is 1. The zero-order valence-corrected chi connectivity index (χ0v) is 12.8. The maximum absolute atomic E-state index is 11.9. The molecule has 5 heteroatoms. The normalized spacial score (nSPS) is 11.2. The second-order valence-corrected chi connectivity index (χ2v) is 5.16. The second kappa shape index (κ2) is 7.09. The zero-order valence-electron chi connectivity index (χ0n) is 11.2. The number of aryl methyl sites for hydroxylation is 2. The van der Waals surface area contributed by atoms with E-state index < -0.39 is 0 Å². The smallest absolute Gasteiger partial charge is 0.224 e. The van der Waals surface area contributed by atoms with Gasteiger partial charge < -0.3 is 5.32 Å². The molecule has 0 radical (unpaired) electrons. The van der Waals surface area contributed by atoms with Crippen molar-refractivity contribution in [2.45, 2.75) is 20.3 Å². The quantitative estimate of drug-likeness (QED) is 0.791.